The summed E-state index contributed by atoms with van der Waals surface area (Å²) >= 11 is 12.1. The fourth-order valence-electron chi connectivity index (χ4n) is 7.45. The van der Waals surface area contributed by atoms with Crippen LogP contribution in [0.2, 0.25) is 10.0 Å². The summed E-state index contributed by atoms with van der Waals surface area (Å²) in [4.78, 5) is 17.4. The summed E-state index contributed by atoms with van der Waals surface area (Å²) in [6, 6.07) is 8.52. The summed E-state index contributed by atoms with van der Waals surface area (Å²) in [5, 5.41) is 24.1. The number of piperidine rings is 1. The van der Waals surface area contributed by atoms with Crippen LogP contribution >= 0.6 is 23.2 Å². The highest BCUT2D eigenvalue weighted by Crippen LogP contribution is 2.65. The van der Waals surface area contributed by atoms with E-state index in [1.807, 2.05) is 12.1 Å². The quantitative estimate of drug-likeness (QED) is 0.429. The molecule has 2 aromatic rings. The summed E-state index contributed by atoms with van der Waals surface area (Å²) < 4.78 is 6.55. The molecular formula is C29H30Cl2N2O4. The zero-order chi connectivity index (χ0) is 26.1. The number of aliphatic hydroxyl groups is 1. The van der Waals surface area contributed by atoms with Crippen LogP contribution in [0.4, 0.5) is 0 Å². The number of likely N-dealkylation sites (N-methyl/N-ethyl adjacent to an activating group) is 1. The molecule has 6 rings (SSSR count). The third-order valence-electron chi connectivity index (χ3n) is 9.11. The minimum absolute atomic E-state index is 0.0788. The molecular weight excluding hydrogens is 511 g/mol. The molecule has 0 aromatic heterocycles. The number of phenolic OH excluding ortho intramolecular Hbond substituents is 1. The second-order valence-corrected chi connectivity index (χ2v) is 11.5. The Labute approximate surface area is 226 Å². The van der Waals surface area contributed by atoms with E-state index in [-0.39, 0.29) is 23.7 Å². The monoisotopic (exact) mass is 540 g/mol. The molecule has 1 saturated heterocycles. The molecule has 0 radical (unpaired) electrons. The molecule has 2 aliphatic carbocycles. The molecule has 5 atom stereocenters. The van der Waals surface area contributed by atoms with Gasteiger partial charge in [-0.1, -0.05) is 41.4 Å². The van der Waals surface area contributed by atoms with Gasteiger partial charge in [-0.2, -0.15) is 0 Å². The van der Waals surface area contributed by atoms with Gasteiger partial charge in [0.1, 0.15) is 6.10 Å². The number of ether oxygens (including phenoxy) is 1. The lowest BCUT2D eigenvalue weighted by molar-refractivity contribution is -0.198. The van der Waals surface area contributed by atoms with Crippen molar-refractivity contribution in [2.75, 3.05) is 20.1 Å². The minimum Gasteiger partial charge on any atom is -0.504 e. The summed E-state index contributed by atoms with van der Waals surface area (Å²) in [5.41, 5.74) is 1.10. The van der Waals surface area contributed by atoms with Gasteiger partial charge in [0.15, 0.2) is 11.5 Å². The van der Waals surface area contributed by atoms with E-state index in [9.17, 15) is 15.0 Å². The van der Waals surface area contributed by atoms with Crippen molar-refractivity contribution in [1.29, 1.82) is 0 Å². The normalized spacial score (nSPS) is 31.6. The Hall–Kier alpha value is -2.51. The highest BCUT2D eigenvalue weighted by Gasteiger charge is 2.73. The lowest BCUT2D eigenvalue weighted by Crippen LogP contribution is -2.78. The van der Waals surface area contributed by atoms with E-state index in [4.69, 9.17) is 27.9 Å². The van der Waals surface area contributed by atoms with Gasteiger partial charge in [0.2, 0.25) is 5.91 Å². The average Bonchev–Trinajstić information content (AvgIpc) is 3.23. The van der Waals surface area contributed by atoms with Gasteiger partial charge in [-0.3, -0.25) is 9.69 Å². The maximum atomic E-state index is 13.3. The number of hydrogen-bond acceptors (Lipinski definition) is 5. The first kappa shape index (κ1) is 24.8. The molecule has 2 aromatic carbocycles. The molecule has 4 aliphatic rings. The van der Waals surface area contributed by atoms with Crippen molar-refractivity contribution in [2.24, 2.45) is 0 Å². The van der Waals surface area contributed by atoms with Crippen molar-refractivity contribution in [3.8, 4) is 11.5 Å². The van der Waals surface area contributed by atoms with Crippen LogP contribution in [-0.2, 0) is 16.6 Å². The fourth-order valence-corrected chi connectivity index (χ4v) is 7.76. The molecule has 1 spiro atoms. The number of halogens is 2. The number of hydrogen-bond donors (Lipinski definition) is 2. The molecule has 2 N–H and O–H groups in total. The van der Waals surface area contributed by atoms with E-state index < -0.39 is 17.1 Å². The highest BCUT2D eigenvalue weighted by atomic mass is 35.5. The lowest BCUT2D eigenvalue weighted by atomic mass is 9.48. The van der Waals surface area contributed by atoms with Crippen molar-refractivity contribution >= 4 is 35.2 Å². The molecule has 6 nitrogen and oxygen atoms in total. The first-order valence-corrected chi connectivity index (χ1v) is 13.5. The second kappa shape index (κ2) is 8.77. The number of phenols is 1. The van der Waals surface area contributed by atoms with Crippen LogP contribution < -0.4 is 4.74 Å². The SMILES string of the molecule is C=CCN1CC[C@]23c4c5ccc(O)c4OC2C(N(C)C(=O)/C=C/c2ccc(Cl)c(Cl)c2)CC[C@@]3(O)[C@H]1C5. The zero-order valence-electron chi connectivity index (χ0n) is 20.7. The van der Waals surface area contributed by atoms with Crippen molar-refractivity contribution in [3.63, 3.8) is 0 Å². The molecule has 2 bridgehead atoms. The van der Waals surface area contributed by atoms with Crippen molar-refractivity contribution in [1.82, 2.24) is 9.80 Å². The van der Waals surface area contributed by atoms with E-state index in [2.05, 4.69) is 11.5 Å². The van der Waals surface area contributed by atoms with Crippen LogP contribution in [0, 0.1) is 0 Å². The van der Waals surface area contributed by atoms with E-state index in [0.29, 0.717) is 48.0 Å². The van der Waals surface area contributed by atoms with E-state index in [0.717, 1.165) is 23.2 Å². The summed E-state index contributed by atoms with van der Waals surface area (Å²) in [7, 11) is 1.79. The molecule has 1 saturated carbocycles. The molecule has 37 heavy (non-hydrogen) atoms. The van der Waals surface area contributed by atoms with E-state index in [1.165, 1.54) is 6.08 Å². The Balaban J connectivity index is 1.36. The van der Waals surface area contributed by atoms with Crippen LogP contribution in [0.5, 0.6) is 11.5 Å². The second-order valence-electron chi connectivity index (χ2n) is 10.7. The number of benzene rings is 2. The van der Waals surface area contributed by atoms with Gasteiger partial charge in [-0.25, -0.2) is 0 Å². The van der Waals surface area contributed by atoms with Crippen LogP contribution in [0.15, 0.2) is 49.1 Å². The van der Waals surface area contributed by atoms with E-state index >= 15 is 0 Å². The van der Waals surface area contributed by atoms with Crippen molar-refractivity contribution < 1.29 is 19.7 Å². The number of rotatable bonds is 5. The van der Waals surface area contributed by atoms with Gasteiger partial charge in [-0.15, -0.1) is 6.58 Å². The Kier molecular flexibility index (Phi) is 5.88. The van der Waals surface area contributed by atoms with Gasteiger partial charge in [-0.05, 0) is 67.6 Å². The van der Waals surface area contributed by atoms with Crippen LogP contribution in [0.3, 0.4) is 0 Å². The Morgan fingerprint density at radius 3 is 2.84 bits per heavy atom. The first-order chi connectivity index (χ1) is 17.7. The molecule has 1 amide bonds. The van der Waals surface area contributed by atoms with Crippen LogP contribution in [0.1, 0.15) is 36.0 Å². The number of carbonyl (C=O) groups is 1. The van der Waals surface area contributed by atoms with Gasteiger partial charge < -0.3 is 19.8 Å². The predicted molar refractivity (Wildman–Crippen MR) is 144 cm³/mol. The Morgan fingerprint density at radius 1 is 1.27 bits per heavy atom. The lowest BCUT2D eigenvalue weighted by Gasteiger charge is -2.64. The zero-order valence-corrected chi connectivity index (χ0v) is 22.2. The van der Waals surface area contributed by atoms with Gasteiger partial charge in [0.25, 0.3) is 0 Å². The topological polar surface area (TPSA) is 73.2 Å². The smallest absolute Gasteiger partial charge is 0.246 e. The molecule has 8 heteroatoms. The van der Waals surface area contributed by atoms with Gasteiger partial charge >= 0.3 is 0 Å². The fraction of sp³-hybridized carbons (Fsp3) is 0.414. The van der Waals surface area contributed by atoms with Gasteiger partial charge in [0, 0.05) is 31.3 Å². The van der Waals surface area contributed by atoms with Gasteiger partial charge in [0.05, 0.1) is 27.1 Å². The van der Waals surface area contributed by atoms with Crippen LogP contribution in [0.25, 0.3) is 6.08 Å². The highest BCUT2D eigenvalue weighted by molar-refractivity contribution is 6.42. The summed E-state index contributed by atoms with van der Waals surface area (Å²) in [6.07, 6.45) is 7.17. The third kappa shape index (κ3) is 3.42. The maximum absolute atomic E-state index is 13.3. The number of likely N-dealkylation sites (tertiary alicyclic amines) is 1. The average molecular weight is 541 g/mol. The third-order valence-corrected chi connectivity index (χ3v) is 9.85. The molecule has 2 aliphatic heterocycles. The predicted octanol–water partition coefficient (Wildman–Crippen LogP) is 4.58. The number of carbonyl (C=O) groups excluding carboxylic acids is 1. The number of amides is 1. The minimum atomic E-state index is -1.03. The number of aromatic hydroxyl groups is 1. The first-order valence-electron chi connectivity index (χ1n) is 12.7. The van der Waals surface area contributed by atoms with Crippen LogP contribution in [-0.4, -0.2) is 69.8 Å². The van der Waals surface area contributed by atoms with Crippen molar-refractivity contribution in [2.45, 2.75) is 54.9 Å². The number of nitrogens with zero attached hydrogens (tertiary/aromatic N) is 2. The molecule has 2 fully saturated rings. The molecule has 194 valence electrons. The maximum Gasteiger partial charge on any atom is 0.246 e. The molecule has 2 heterocycles. The van der Waals surface area contributed by atoms with E-state index in [1.54, 1.807) is 42.3 Å². The Bertz CT molecular complexity index is 1330. The Morgan fingerprint density at radius 2 is 2.08 bits per heavy atom. The molecule has 2 unspecified atom stereocenters. The summed E-state index contributed by atoms with van der Waals surface area (Å²) in [6.45, 7) is 5.42. The largest absolute Gasteiger partial charge is 0.504 e. The summed E-state index contributed by atoms with van der Waals surface area (Å²) in [5.74, 6) is 0.387. The standard InChI is InChI=1S/C29H30Cl2N2O4/c1-3-13-33-14-12-28-25-18-6-8-22(34)26(25)37-27(28)21(10-11-29(28,36)23(33)16-18)32(2)24(35)9-5-17-4-7-19(30)20(31)15-17/h3-9,15,21,23,27,34,36H,1,10-14,16H2,2H3/b9-5+/t21?,23-,27?,28+,29-/m1/s1. The van der Waals surface area contributed by atoms with Crippen molar-refractivity contribution in [3.05, 3.63) is 75.8 Å².